The Bertz CT molecular complexity index is 1290. The van der Waals surface area contributed by atoms with Gasteiger partial charge in [0.1, 0.15) is 5.75 Å². The molecule has 9 nitrogen and oxygen atoms in total. The minimum absolute atomic E-state index is 0.203. The zero-order valence-electron chi connectivity index (χ0n) is 17.5. The largest absolute Gasteiger partial charge is 0.424 e. The van der Waals surface area contributed by atoms with E-state index in [-0.39, 0.29) is 6.01 Å². The van der Waals surface area contributed by atoms with Crippen LogP contribution in [0, 0.1) is 18.3 Å². The van der Waals surface area contributed by atoms with E-state index in [0.29, 0.717) is 60.5 Å². The van der Waals surface area contributed by atoms with E-state index in [4.69, 9.17) is 19.7 Å². The summed E-state index contributed by atoms with van der Waals surface area (Å²) in [6, 6.07) is 17.2. The van der Waals surface area contributed by atoms with Gasteiger partial charge in [0.05, 0.1) is 24.8 Å². The number of aromatic nitrogens is 4. The first-order valence-electron chi connectivity index (χ1n) is 10.3. The fourth-order valence-corrected chi connectivity index (χ4v) is 3.53. The summed E-state index contributed by atoms with van der Waals surface area (Å²) in [6.45, 7) is 4.69. The van der Waals surface area contributed by atoms with Crippen LogP contribution >= 0.6 is 0 Å². The van der Waals surface area contributed by atoms with Crippen LogP contribution in [0.1, 0.15) is 11.1 Å². The first kappa shape index (κ1) is 19.8. The number of fused-ring (bicyclic) bond motifs is 1. The summed E-state index contributed by atoms with van der Waals surface area (Å²) in [4.78, 5) is 19.3. The molecule has 0 saturated carbocycles. The number of nitriles is 1. The van der Waals surface area contributed by atoms with Gasteiger partial charge in [0, 0.05) is 18.8 Å². The van der Waals surface area contributed by atoms with Crippen molar-refractivity contribution >= 4 is 28.6 Å². The molecule has 4 aromatic rings. The molecule has 5 rings (SSSR count). The highest BCUT2D eigenvalue weighted by Gasteiger charge is 2.21. The topological polar surface area (TPSA) is 112 Å². The van der Waals surface area contributed by atoms with Gasteiger partial charge >= 0.3 is 6.01 Å². The molecule has 2 N–H and O–H groups in total. The zero-order chi connectivity index (χ0) is 21.9. The second-order valence-corrected chi connectivity index (χ2v) is 7.44. The lowest BCUT2D eigenvalue weighted by molar-refractivity contribution is 0.122. The van der Waals surface area contributed by atoms with Gasteiger partial charge in [0.25, 0.3) is 0 Å². The second-order valence-electron chi connectivity index (χ2n) is 7.44. The van der Waals surface area contributed by atoms with Crippen molar-refractivity contribution in [1.82, 2.24) is 19.9 Å². The molecule has 2 aromatic heterocycles. The molecule has 1 aliphatic heterocycles. The van der Waals surface area contributed by atoms with Gasteiger partial charge < -0.3 is 24.7 Å². The quantitative estimate of drug-likeness (QED) is 0.493. The molecule has 0 amide bonds. The van der Waals surface area contributed by atoms with Crippen LogP contribution in [0.25, 0.3) is 11.2 Å². The molecule has 32 heavy (non-hydrogen) atoms. The van der Waals surface area contributed by atoms with Crippen molar-refractivity contribution in [2.75, 3.05) is 36.5 Å². The number of nitrogens with zero attached hydrogens (tertiary/aromatic N) is 5. The van der Waals surface area contributed by atoms with E-state index in [9.17, 15) is 0 Å². The minimum atomic E-state index is 0.203. The highest BCUT2D eigenvalue weighted by atomic mass is 16.5. The van der Waals surface area contributed by atoms with Crippen LogP contribution in [0.15, 0.2) is 48.5 Å². The Kier molecular flexibility index (Phi) is 5.27. The van der Waals surface area contributed by atoms with E-state index in [1.807, 2.05) is 31.2 Å². The number of anilines is 3. The van der Waals surface area contributed by atoms with E-state index in [0.717, 1.165) is 11.3 Å². The van der Waals surface area contributed by atoms with Crippen molar-refractivity contribution < 1.29 is 9.47 Å². The molecule has 2 aromatic carbocycles. The van der Waals surface area contributed by atoms with Crippen LogP contribution in [0.3, 0.4) is 0 Å². The van der Waals surface area contributed by atoms with Crippen molar-refractivity contribution in [2.24, 2.45) is 0 Å². The number of nitrogens with one attached hydrogen (secondary N) is 2. The fourth-order valence-electron chi connectivity index (χ4n) is 3.53. The molecule has 0 atom stereocenters. The van der Waals surface area contributed by atoms with E-state index in [2.05, 4.69) is 31.2 Å². The summed E-state index contributed by atoms with van der Waals surface area (Å²) in [5, 5.41) is 12.3. The molecule has 9 heteroatoms. The molecule has 1 fully saturated rings. The Hall–Kier alpha value is -4.16. The maximum Gasteiger partial charge on any atom is 0.326 e. The zero-order valence-corrected chi connectivity index (χ0v) is 17.5. The average Bonchev–Trinajstić information content (AvgIpc) is 3.22. The lowest BCUT2D eigenvalue weighted by atomic mass is 10.2. The van der Waals surface area contributed by atoms with Gasteiger partial charge in [-0.05, 0) is 48.9 Å². The number of morpholine rings is 1. The van der Waals surface area contributed by atoms with Gasteiger partial charge in [0.15, 0.2) is 17.0 Å². The summed E-state index contributed by atoms with van der Waals surface area (Å²) in [5.41, 5.74) is 3.87. The Balaban J connectivity index is 1.51. The van der Waals surface area contributed by atoms with E-state index < -0.39 is 0 Å². The van der Waals surface area contributed by atoms with E-state index in [1.165, 1.54) is 0 Å². The SMILES string of the molecule is Cc1cccc(Nc2nc3c(N4CCOCC4)nc(Oc4ccc(C#N)cc4)nc3[nH]2)c1. The highest BCUT2D eigenvalue weighted by molar-refractivity contribution is 5.86. The number of hydrogen-bond donors (Lipinski definition) is 2. The fraction of sp³-hybridized carbons (Fsp3) is 0.217. The van der Waals surface area contributed by atoms with Crippen molar-refractivity contribution in [3.8, 4) is 17.8 Å². The molecule has 0 aliphatic carbocycles. The molecule has 0 bridgehead atoms. The second kappa shape index (κ2) is 8.53. The molecule has 0 spiro atoms. The lowest BCUT2D eigenvalue weighted by Gasteiger charge is -2.27. The van der Waals surface area contributed by atoms with Crippen molar-refractivity contribution in [1.29, 1.82) is 5.26 Å². The summed E-state index contributed by atoms with van der Waals surface area (Å²) in [6.07, 6.45) is 0. The monoisotopic (exact) mass is 427 g/mol. The lowest BCUT2D eigenvalue weighted by Crippen LogP contribution is -2.37. The van der Waals surface area contributed by atoms with Gasteiger partial charge in [0.2, 0.25) is 5.95 Å². The maximum absolute atomic E-state index is 8.99. The molecule has 1 saturated heterocycles. The van der Waals surface area contributed by atoms with E-state index >= 15 is 0 Å². The Morgan fingerprint density at radius 2 is 1.91 bits per heavy atom. The number of ether oxygens (including phenoxy) is 2. The number of H-pyrrole nitrogens is 1. The van der Waals surface area contributed by atoms with Crippen molar-refractivity contribution in [3.63, 3.8) is 0 Å². The Labute approximate surface area is 184 Å². The third-order valence-corrected chi connectivity index (χ3v) is 5.09. The Morgan fingerprint density at radius 3 is 2.66 bits per heavy atom. The molecule has 3 heterocycles. The van der Waals surface area contributed by atoms with Crippen LogP contribution in [0.5, 0.6) is 11.8 Å². The Morgan fingerprint density at radius 1 is 1.09 bits per heavy atom. The summed E-state index contributed by atoms with van der Waals surface area (Å²) in [5.74, 6) is 1.81. The van der Waals surface area contributed by atoms with Crippen LogP contribution in [0.4, 0.5) is 17.5 Å². The predicted octanol–water partition coefficient (Wildman–Crippen LogP) is 3.91. The third kappa shape index (κ3) is 4.17. The van der Waals surface area contributed by atoms with Crippen molar-refractivity contribution in [2.45, 2.75) is 6.92 Å². The standard InChI is InChI=1S/C23H21N7O2/c1-15-3-2-4-17(13-15)25-22-26-19-20(27-22)28-23(29-21(19)30-9-11-31-12-10-30)32-18-7-5-16(14-24)6-8-18/h2-8,13H,9-12H2,1H3,(H2,25,26,27,28,29). The summed E-state index contributed by atoms with van der Waals surface area (Å²) < 4.78 is 11.4. The van der Waals surface area contributed by atoms with E-state index in [1.54, 1.807) is 24.3 Å². The van der Waals surface area contributed by atoms with Gasteiger partial charge in [-0.15, -0.1) is 0 Å². The van der Waals surface area contributed by atoms with Crippen LogP contribution in [-0.2, 0) is 4.74 Å². The summed E-state index contributed by atoms with van der Waals surface area (Å²) in [7, 11) is 0. The highest BCUT2D eigenvalue weighted by Crippen LogP contribution is 2.29. The number of rotatable bonds is 5. The number of aromatic amines is 1. The number of hydrogen-bond acceptors (Lipinski definition) is 8. The van der Waals surface area contributed by atoms with Crippen LogP contribution in [0.2, 0.25) is 0 Å². The van der Waals surface area contributed by atoms with Gasteiger partial charge in [-0.1, -0.05) is 12.1 Å². The molecule has 0 unspecified atom stereocenters. The normalized spacial score (nSPS) is 13.7. The molecule has 0 radical (unpaired) electrons. The van der Waals surface area contributed by atoms with Crippen LogP contribution in [-0.4, -0.2) is 46.2 Å². The maximum atomic E-state index is 8.99. The molecule has 1 aliphatic rings. The first-order valence-corrected chi connectivity index (χ1v) is 10.3. The van der Waals surface area contributed by atoms with Crippen LogP contribution < -0.4 is 15.0 Å². The third-order valence-electron chi connectivity index (χ3n) is 5.09. The minimum Gasteiger partial charge on any atom is -0.424 e. The van der Waals surface area contributed by atoms with Gasteiger partial charge in [-0.2, -0.15) is 15.2 Å². The first-order chi connectivity index (χ1) is 15.7. The summed E-state index contributed by atoms with van der Waals surface area (Å²) >= 11 is 0. The number of imidazole rings is 1. The molecule has 160 valence electrons. The van der Waals surface area contributed by atoms with Gasteiger partial charge in [-0.25, -0.2) is 4.98 Å². The predicted molar refractivity (Wildman–Crippen MR) is 120 cm³/mol. The molecular weight excluding hydrogens is 406 g/mol. The van der Waals surface area contributed by atoms with Crippen molar-refractivity contribution in [3.05, 3.63) is 59.7 Å². The molecular formula is C23H21N7O2. The smallest absolute Gasteiger partial charge is 0.326 e. The number of aryl methyl sites for hydroxylation is 1. The van der Waals surface area contributed by atoms with Gasteiger partial charge in [-0.3, -0.25) is 0 Å². The number of benzene rings is 2. The average molecular weight is 427 g/mol.